The van der Waals surface area contributed by atoms with Crippen LogP contribution in [0.5, 0.6) is 0 Å². The molecule has 3 rings (SSSR count). The Hall–Kier alpha value is -1.76. The summed E-state index contributed by atoms with van der Waals surface area (Å²) >= 11 is 0.393. The fourth-order valence-electron chi connectivity index (χ4n) is 3.20. The number of carbonyl (C=O) groups excluding carboxylic acids is 1. The predicted octanol–water partition coefficient (Wildman–Crippen LogP) is 2.23. The maximum atomic E-state index is 13.2. The van der Waals surface area contributed by atoms with Gasteiger partial charge in [-0.3, -0.25) is 0 Å². The third-order valence-electron chi connectivity index (χ3n) is 4.81. The van der Waals surface area contributed by atoms with E-state index in [0.29, 0.717) is 0 Å². The summed E-state index contributed by atoms with van der Waals surface area (Å²) < 4.78 is 8.99. The van der Waals surface area contributed by atoms with Gasteiger partial charge in [-0.15, -0.1) is 0 Å². The van der Waals surface area contributed by atoms with Gasteiger partial charge in [0.05, 0.1) is 0 Å². The maximum absolute atomic E-state index is 13.2. The van der Waals surface area contributed by atoms with Gasteiger partial charge in [0.1, 0.15) is 0 Å². The van der Waals surface area contributed by atoms with Crippen LogP contribution in [0.15, 0.2) is 91.0 Å². The summed E-state index contributed by atoms with van der Waals surface area (Å²) in [5.74, 6) is -0.410. The van der Waals surface area contributed by atoms with Gasteiger partial charge in [-0.1, -0.05) is 0 Å². The molecule has 144 valence electrons. The van der Waals surface area contributed by atoms with Gasteiger partial charge in [0, 0.05) is 0 Å². The SMILES string of the molecule is CC(C)(S)[C@@H](N)C(=O)[O][Sn]([c]1ccccc1)([c]1ccccc1)[c]1ccccc1. The van der Waals surface area contributed by atoms with Crippen molar-refractivity contribution in [2.45, 2.75) is 24.6 Å². The molecule has 0 radical (unpaired) electrons. The molecule has 0 spiro atoms. The Morgan fingerprint density at radius 3 is 1.43 bits per heavy atom. The number of hydrogen-bond donors (Lipinski definition) is 2. The van der Waals surface area contributed by atoms with Crippen LogP contribution in [0.1, 0.15) is 13.8 Å². The van der Waals surface area contributed by atoms with E-state index in [4.69, 9.17) is 8.81 Å². The summed E-state index contributed by atoms with van der Waals surface area (Å²) in [6.07, 6.45) is 0. The van der Waals surface area contributed by atoms with E-state index in [1.165, 1.54) is 0 Å². The van der Waals surface area contributed by atoms with Crippen molar-refractivity contribution < 1.29 is 7.87 Å². The van der Waals surface area contributed by atoms with Crippen molar-refractivity contribution in [3.63, 3.8) is 0 Å². The minimum atomic E-state index is -4.10. The first-order valence-corrected chi connectivity index (χ1v) is 15.1. The van der Waals surface area contributed by atoms with Crippen LogP contribution < -0.4 is 16.5 Å². The summed E-state index contributed by atoms with van der Waals surface area (Å²) in [7, 11) is 0. The van der Waals surface area contributed by atoms with Crippen molar-refractivity contribution in [1.29, 1.82) is 0 Å². The van der Waals surface area contributed by atoms with Crippen molar-refractivity contribution in [1.82, 2.24) is 0 Å². The summed E-state index contributed by atoms with van der Waals surface area (Å²) in [6, 6.07) is 29.4. The molecule has 2 N–H and O–H groups in total. The standard InChI is InChI=1S/3C6H5.C5H11NO2S.Sn/c3*1-2-4-6-5-3-1;1-5(2,9)3(6)4(7)8;/h3*1-5H;3,9H,6H2,1-2H3,(H,7,8);/q;;;;+1/p-1/t;;;3-;/m...0./s1. The predicted molar refractivity (Wildman–Crippen MR) is 121 cm³/mol. The molecule has 0 aliphatic carbocycles. The molecule has 3 aromatic rings. The molecular formula is C23H25NO2SSn. The first kappa shape index (κ1) is 21.0. The number of benzene rings is 3. The number of hydrogen-bond acceptors (Lipinski definition) is 4. The van der Waals surface area contributed by atoms with Crippen LogP contribution >= 0.6 is 12.6 Å². The van der Waals surface area contributed by atoms with E-state index in [-0.39, 0.29) is 0 Å². The Kier molecular flexibility index (Phi) is 6.53. The molecule has 28 heavy (non-hydrogen) atoms. The quantitative estimate of drug-likeness (QED) is 0.405. The van der Waals surface area contributed by atoms with Gasteiger partial charge >= 0.3 is 177 Å². The van der Waals surface area contributed by atoms with Crippen molar-refractivity contribution in [2.24, 2.45) is 5.73 Å². The topological polar surface area (TPSA) is 52.3 Å². The number of carbonyl (C=O) groups is 1. The van der Waals surface area contributed by atoms with Crippen LogP contribution in [0.25, 0.3) is 0 Å². The number of nitrogens with two attached hydrogens (primary N) is 1. The summed E-state index contributed by atoms with van der Waals surface area (Å²) in [5.41, 5.74) is 6.22. The van der Waals surface area contributed by atoms with Crippen LogP contribution in [-0.4, -0.2) is 35.5 Å². The van der Waals surface area contributed by atoms with Crippen LogP contribution in [0.2, 0.25) is 0 Å². The summed E-state index contributed by atoms with van der Waals surface area (Å²) in [4.78, 5) is 13.2. The molecule has 0 fully saturated rings. The van der Waals surface area contributed by atoms with Crippen LogP contribution in [0.3, 0.4) is 0 Å². The fourth-order valence-corrected chi connectivity index (χ4v) is 14.1. The average molecular weight is 498 g/mol. The van der Waals surface area contributed by atoms with Crippen LogP contribution in [-0.2, 0) is 7.87 Å². The molecular weight excluding hydrogens is 473 g/mol. The molecule has 3 nitrogen and oxygen atoms in total. The van der Waals surface area contributed by atoms with Gasteiger partial charge in [0.2, 0.25) is 0 Å². The van der Waals surface area contributed by atoms with E-state index in [1.807, 2.05) is 68.4 Å². The van der Waals surface area contributed by atoms with Gasteiger partial charge in [0.25, 0.3) is 0 Å². The Balaban J connectivity index is 2.24. The first-order valence-electron chi connectivity index (χ1n) is 9.23. The summed E-state index contributed by atoms with van der Waals surface area (Å²) in [6.45, 7) is 3.65. The van der Waals surface area contributed by atoms with E-state index < -0.39 is 35.5 Å². The van der Waals surface area contributed by atoms with Gasteiger partial charge in [-0.05, 0) is 0 Å². The zero-order valence-electron chi connectivity index (χ0n) is 16.1. The van der Waals surface area contributed by atoms with E-state index in [9.17, 15) is 4.79 Å². The van der Waals surface area contributed by atoms with Gasteiger partial charge in [-0.25, -0.2) is 0 Å². The van der Waals surface area contributed by atoms with E-state index in [2.05, 4.69) is 49.0 Å². The molecule has 0 amide bonds. The Morgan fingerprint density at radius 1 is 0.821 bits per heavy atom. The number of thiol groups is 1. The molecule has 0 bridgehead atoms. The third kappa shape index (κ3) is 4.29. The second-order valence-electron chi connectivity index (χ2n) is 7.33. The Bertz CT molecular complexity index is 815. The van der Waals surface area contributed by atoms with Crippen LogP contribution in [0.4, 0.5) is 0 Å². The monoisotopic (exact) mass is 499 g/mol. The fraction of sp³-hybridized carbons (Fsp3) is 0.174. The Labute approximate surface area is 176 Å². The first-order chi connectivity index (χ1) is 13.4. The molecule has 0 aliphatic rings. The number of rotatable bonds is 6. The zero-order chi connectivity index (χ0) is 20.2. The molecule has 0 saturated carbocycles. The molecule has 0 unspecified atom stereocenters. The van der Waals surface area contributed by atoms with Crippen molar-refractivity contribution in [2.75, 3.05) is 0 Å². The second-order valence-corrected chi connectivity index (χ2v) is 17.9. The molecule has 0 saturated heterocycles. The zero-order valence-corrected chi connectivity index (χ0v) is 19.8. The van der Waals surface area contributed by atoms with Crippen molar-refractivity contribution >= 4 is 48.1 Å². The molecule has 0 aliphatic heterocycles. The van der Waals surface area contributed by atoms with Crippen molar-refractivity contribution in [3.8, 4) is 0 Å². The van der Waals surface area contributed by atoms with E-state index in [0.717, 1.165) is 10.7 Å². The molecule has 5 heteroatoms. The van der Waals surface area contributed by atoms with E-state index >= 15 is 0 Å². The van der Waals surface area contributed by atoms with Gasteiger partial charge in [-0.2, -0.15) is 0 Å². The molecule has 0 aromatic heterocycles. The molecule has 3 aromatic carbocycles. The summed E-state index contributed by atoms with van der Waals surface area (Å²) in [5, 5.41) is 0. The normalized spacial score (nSPS) is 13.0. The van der Waals surface area contributed by atoms with Crippen LogP contribution in [0, 0.1) is 0 Å². The van der Waals surface area contributed by atoms with Gasteiger partial charge < -0.3 is 0 Å². The minimum absolute atomic E-state index is 0.410. The Morgan fingerprint density at radius 2 is 1.14 bits per heavy atom. The average Bonchev–Trinajstić information content (AvgIpc) is 2.72. The molecule has 1 atom stereocenters. The van der Waals surface area contributed by atoms with E-state index in [1.54, 1.807) is 0 Å². The second kappa shape index (κ2) is 8.72. The molecule has 0 heterocycles. The third-order valence-corrected chi connectivity index (χ3v) is 16.4. The van der Waals surface area contributed by atoms with Crippen molar-refractivity contribution in [3.05, 3.63) is 91.0 Å². The van der Waals surface area contributed by atoms with Gasteiger partial charge in [0.15, 0.2) is 0 Å².